The van der Waals surface area contributed by atoms with Crippen LogP contribution in [0, 0.1) is 13.8 Å². The quantitative estimate of drug-likeness (QED) is 0.401. The summed E-state index contributed by atoms with van der Waals surface area (Å²) in [5.41, 5.74) is 5.21. The zero-order valence-electron chi connectivity index (χ0n) is 20.4. The molecule has 182 valence electrons. The van der Waals surface area contributed by atoms with Gasteiger partial charge in [0.05, 0.1) is 19.2 Å². The van der Waals surface area contributed by atoms with Gasteiger partial charge in [0, 0.05) is 30.8 Å². The number of nitrogens with one attached hydrogen (secondary N) is 1. The van der Waals surface area contributed by atoms with E-state index in [0.29, 0.717) is 19.6 Å². The molecule has 35 heavy (non-hydrogen) atoms. The van der Waals surface area contributed by atoms with Crippen molar-refractivity contribution in [2.24, 2.45) is 0 Å². The van der Waals surface area contributed by atoms with Crippen LogP contribution >= 0.6 is 0 Å². The molecular weight excluding hydrogens is 440 g/mol. The summed E-state index contributed by atoms with van der Waals surface area (Å²) in [6.45, 7) is 7.46. The van der Waals surface area contributed by atoms with Crippen molar-refractivity contribution in [3.8, 4) is 0 Å². The first-order valence-electron chi connectivity index (χ1n) is 12.3. The summed E-state index contributed by atoms with van der Waals surface area (Å²) in [5, 5.41) is 13.5. The van der Waals surface area contributed by atoms with Crippen molar-refractivity contribution in [2.45, 2.75) is 58.8 Å². The number of hydrogen-bond acceptors (Lipinski definition) is 6. The van der Waals surface area contributed by atoms with E-state index in [9.17, 15) is 4.79 Å². The average molecular weight is 473 g/mol. The highest BCUT2D eigenvalue weighted by Gasteiger charge is 2.20. The molecule has 5 rings (SSSR count). The van der Waals surface area contributed by atoms with E-state index in [0.717, 1.165) is 54.7 Å². The summed E-state index contributed by atoms with van der Waals surface area (Å²) in [7, 11) is 0. The number of pyridine rings is 1. The van der Waals surface area contributed by atoms with Crippen molar-refractivity contribution >= 4 is 10.9 Å². The van der Waals surface area contributed by atoms with Gasteiger partial charge in [0.2, 0.25) is 0 Å². The first kappa shape index (κ1) is 23.4. The number of ether oxygens (including phenoxy) is 1. The fourth-order valence-corrected chi connectivity index (χ4v) is 4.69. The van der Waals surface area contributed by atoms with Gasteiger partial charge in [0.1, 0.15) is 0 Å². The first-order chi connectivity index (χ1) is 17.0. The Morgan fingerprint density at radius 2 is 1.94 bits per heavy atom. The van der Waals surface area contributed by atoms with Gasteiger partial charge in [-0.2, -0.15) is 0 Å². The molecule has 0 unspecified atom stereocenters. The molecule has 0 spiro atoms. The van der Waals surface area contributed by atoms with Gasteiger partial charge in [-0.3, -0.25) is 9.69 Å². The van der Waals surface area contributed by atoms with Crippen LogP contribution in [0.25, 0.3) is 10.9 Å². The number of fused-ring (bicyclic) bond motifs is 1. The van der Waals surface area contributed by atoms with Crippen molar-refractivity contribution in [1.29, 1.82) is 0 Å². The van der Waals surface area contributed by atoms with Crippen LogP contribution in [0.1, 0.15) is 40.9 Å². The van der Waals surface area contributed by atoms with Crippen molar-refractivity contribution in [2.75, 3.05) is 13.2 Å². The maximum absolute atomic E-state index is 13.0. The molecule has 1 aliphatic rings. The normalized spacial score (nSPS) is 15.9. The lowest BCUT2D eigenvalue weighted by atomic mass is 10.0. The highest BCUT2D eigenvalue weighted by atomic mass is 16.5. The molecule has 8 heteroatoms. The third-order valence-corrected chi connectivity index (χ3v) is 6.86. The lowest BCUT2D eigenvalue weighted by molar-refractivity contribution is 0.0916. The van der Waals surface area contributed by atoms with E-state index in [4.69, 9.17) is 4.74 Å². The Morgan fingerprint density at radius 3 is 2.74 bits per heavy atom. The fourth-order valence-electron chi connectivity index (χ4n) is 4.69. The van der Waals surface area contributed by atoms with E-state index in [1.807, 2.05) is 22.9 Å². The Kier molecular flexibility index (Phi) is 7.01. The number of benzene rings is 2. The van der Waals surface area contributed by atoms with Gasteiger partial charge in [0.15, 0.2) is 5.82 Å². The highest BCUT2D eigenvalue weighted by molar-refractivity contribution is 5.80. The predicted octanol–water partition coefficient (Wildman–Crippen LogP) is 3.56. The van der Waals surface area contributed by atoms with E-state index >= 15 is 0 Å². The predicted molar refractivity (Wildman–Crippen MR) is 135 cm³/mol. The molecule has 1 N–H and O–H groups in total. The van der Waals surface area contributed by atoms with Crippen LogP contribution < -0.4 is 5.56 Å². The summed E-state index contributed by atoms with van der Waals surface area (Å²) >= 11 is 0. The first-order valence-corrected chi connectivity index (χ1v) is 12.3. The maximum atomic E-state index is 13.0. The van der Waals surface area contributed by atoms with E-state index < -0.39 is 0 Å². The van der Waals surface area contributed by atoms with Crippen molar-refractivity contribution in [3.05, 3.63) is 87.0 Å². The van der Waals surface area contributed by atoms with Crippen LogP contribution in [0.2, 0.25) is 0 Å². The van der Waals surface area contributed by atoms with Crippen molar-refractivity contribution in [3.63, 3.8) is 0 Å². The number of aromatic nitrogens is 5. The second-order valence-electron chi connectivity index (χ2n) is 9.51. The molecule has 1 atom stereocenters. The smallest absolute Gasteiger partial charge is 0.252 e. The Morgan fingerprint density at radius 1 is 1.11 bits per heavy atom. The summed E-state index contributed by atoms with van der Waals surface area (Å²) in [6.07, 6.45) is 3.14. The summed E-state index contributed by atoms with van der Waals surface area (Å²) < 4.78 is 7.64. The van der Waals surface area contributed by atoms with Crippen LogP contribution in [0.3, 0.4) is 0 Å². The van der Waals surface area contributed by atoms with E-state index in [2.05, 4.69) is 69.6 Å². The second-order valence-corrected chi connectivity index (χ2v) is 9.51. The van der Waals surface area contributed by atoms with Gasteiger partial charge in [-0.15, -0.1) is 5.10 Å². The number of aromatic amines is 1. The Hall–Kier alpha value is -3.36. The summed E-state index contributed by atoms with van der Waals surface area (Å²) in [6, 6.07) is 16.6. The molecule has 3 heterocycles. The van der Waals surface area contributed by atoms with E-state index in [1.165, 1.54) is 16.7 Å². The molecule has 0 bridgehead atoms. The number of nitrogens with zero attached hydrogens (tertiary/aromatic N) is 5. The van der Waals surface area contributed by atoms with Gasteiger partial charge in [-0.05, 0) is 83.8 Å². The molecule has 1 aliphatic heterocycles. The van der Waals surface area contributed by atoms with Crippen molar-refractivity contribution in [1.82, 2.24) is 30.1 Å². The van der Waals surface area contributed by atoms with Gasteiger partial charge >= 0.3 is 0 Å². The number of aryl methyl sites for hydroxylation is 2. The zero-order valence-corrected chi connectivity index (χ0v) is 20.4. The minimum absolute atomic E-state index is 0.0515. The van der Waals surface area contributed by atoms with Crippen LogP contribution in [-0.4, -0.2) is 49.3 Å². The highest BCUT2D eigenvalue weighted by Crippen LogP contribution is 2.19. The van der Waals surface area contributed by atoms with E-state index in [-0.39, 0.29) is 11.7 Å². The SMILES string of the molecule is Cc1cc2cc(CN(CCc3ccccc3)Cc3nnnn3C[C@H]3CCCO3)c(=O)[nH]c2cc1C. The Balaban J connectivity index is 1.39. The molecule has 0 radical (unpaired) electrons. The van der Waals surface area contributed by atoms with Gasteiger partial charge in [-0.1, -0.05) is 30.3 Å². The second kappa shape index (κ2) is 10.5. The maximum Gasteiger partial charge on any atom is 0.252 e. The third-order valence-electron chi connectivity index (χ3n) is 6.86. The van der Waals surface area contributed by atoms with Crippen molar-refractivity contribution < 1.29 is 4.74 Å². The van der Waals surface area contributed by atoms with Gasteiger partial charge in [-0.25, -0.2) is 4.68 Å². The minimum Gasteiger partial charge on any atom is -0.376 e. The van der Waals surface area contributed by atoms with Crippen LogP contribution in [0.15, 0.2) is 53.3 Å². The molecule has 1 fully saturated rings. The molecule has 0 aliphatic carbocycles. The third kappa shape index (κ3) is 5.66. The van der Waals surface area contributed by atoms with Crippen LogP contribution in [0.4, 0.5) is 0 Å². The molecule has 2 aromatic carbocycles. The Bertz CT molecular complexity index is 1340. The standard InChI is InChI=1S/C27H32N6O2/c1-19-13-22-15-23(27(34)28-25(22)14-20(19)2)16-32(11-10-21-7-4-3-5-8-21)18-26-29-30-31-33(26)17-24-9-6-12-35-24/h3-5,7-8,13-15,24H,6,9-12,16-18H2,1-2H3,(H,28,34)/t24-/m1/s1. The Labute approximate surface area is 204 Å². The molecular formula is C27H32N6O2. The molecule has 0 amide bonds. The number of tetrazole rings is 1. The molecule has 2 aromatic heterocycles. The largest absolute Gasteiger partial charge is 0.376 e. The number of H-pyrrole nitrogens is 1. The van der Waals surface area contributed by atoms with Gasteiger partial charge < -0.3 is 9.72 Å². The average Bonchev–Trinajstić information content (AvgIpc) is 3.53. The summed E-state index contributed by atoms with van der Waals surface area (Å²) in [4.78, 5) is 18.3. The molecule has 4 aromatic rings. The monoisotopic (exact) mass is 472 g/mol. The summed E-state index contributed by atoms with van der Waals surface area (Å²) in [5.74, 6) is 0.789. The minimum atomic E-state index is -0.0515. The van der Waals surface area contributed by atoms with Crippen LogP contribution in [-0.2, 0) is 30.8 Å². The fraction of sp³-hybridized carbons (Fsp3) is 0.407. The lowest BCUT2D eigenvalue weighted by Gasteiger charge is -2.22. The molecule has 0 saturated carbocycles. The molecule has 8 nitrogen and oxygen atoms in total. The van der Waals surface area contributed by atoms with Crippen LogP contribution in [0.5, 0.6) is 0 Å². The molecule has 1 saturated heterocycles. The van der Waals surface area contributed by atoms with E-state index in [1.54, 1.807) is 0 Å². The topological polar surface area (TPSA) is 88.9 Å². The lowest BCUT2D eigenvalue weighted by Crippen LogP contribution is -2.30. The number of hydrogen-bond donors (Lipinski definition) is 1. The zero-order chi connectivity index (χ0) is 24.2. The van der Waals surface area contributed by atoms with Gasteiger partial charge in [0.25, 0.3) is 5.56 Å². The number of rotatable bonds is 9.